The molecule has 0 aliphatic carbocycles. The molecule has 2 aromatic rings. The molecule has 1 aliphatic heterocycles. The lowest BCUT2D eigenvalue weighted by Gasteiger charge is -2.26. The second-order valence-electron chi connectivity index (χ2n) is 9.75. The minimum atomic E-state index is -0.872. The Morgan fingerprint density at radius 3 is 2.54 bits per heavy atom. The van der Waals surface area contributed by atoms with Gasteiger partial charge in [0.1, 0.15) is 5.60 Å². The molecule has 8 nitrogen and oxygen atoms in total. The van der Waals surface area contributed by atoms with Crippen LogP contribution in [0, 0.1) is 0 Å². The van der Waals surface area contributed by atoms with E-state index in [1.54, 1.807) is 12.1 Å². The van der Waals surface area contributed by atoms with Gasteiger partial charge in [0.05, 0.1) is 17.9 Å². The van der Waals surface area contributed by atoms with E-state index in [9.17, 15) is 9.59 Å². The van der Waals surface area contributed by atoms with Crippen LogP contribution in [0.4, 0.5) is 5.69 Å². The zero-order valence-electron chi connectivity index (χ0n) is 21.3. The molecule has 4 N–H and O–H groups in total. The van der Waals surface area contributed by atoms with Crippen molar-refractivity contribution in [3.8, 4) is 11.5 Å². The van der Waals surface area contributed by atoms with Crippen LogP contribution in [0.3, 0.4) is 0 Å². The van der Waals surface area contributed by atoms with E-state index in [1.807, 2.05) is 52.8 Å². The molecule has 0 bridgehead atoms. The van der Waals surface area contributed by atoms with Gasteiger partial charge in [0.25, 0.3) is 5.91 Å². The number of benzene rings is 2. The summed E-state index contributed by atoms with van der Waals surface area (Å²) in [6.07, 6.45) is 0.645. The number of hydrogen-bond acceptors (Lipinski definition) is 7. The van der Waals surface area contributed by atoms with E-state index in [4.69, 9.17) is 19.9 Å². The Labute approximate surface area is 207 Å². The van der Waals surface area contributed by atoms with E-state index in [2.05, 4.69) is 16.7 Å². The van der Waals surface area contributed by atoms with Gasteiger partial charge in [-0.05, 0) is 76.8 Å². The third kappa shape index (κ3) is 7.36. The summed E-state index contributed by atoms with van der Waals surface area (Å²) >= 11 is 0. The van der Waals surface area contributed by atoms with Crippen molar-refractivity contribution in [1.29, 1.82) is 0 Å². The number of amides is 1. The number of rotatable bonds is 11. The summed E-state index contributed by atoms with van der Waals surface area (Å²) in [7, 11) is 0. The first-order valence-electron chi connectivity index (χ1n) is 12.1. The van der Waals surface area contributed by atoms with Crippen LogP contribution < -0.4 is 25.8 Å². The molecule has 190 valence electrons. The van der Waals surface area contributed by atoms with Crippen molar-refractivity contribution in [2.45, 2.75) is 65.2 Å². The van der Waals surface area contributed by atoms with Crippen LogP contribution in [0.5, 0.6) is 11.5 Å². The monoisotopic (exact) mass is 483 g/mol. The minimum absolute atomic E-state index is 0.00110. The summed E-state index contributed by atoms with van der Waals surface area (Å²) in [5.41, 5.74) is 8.43. The highest BCUT2D eigenvalue weighted by molar-refractivity contribution is 6.00. The van der Waals surface area contributed by atoms with Gasteiger partial charge < -0.3 is 30.6 Å². The predicted molar refractivity (Wildman–Crippen MR) is 136 cm³/mol. The third-order valence-corrected chi connectivity index (χ3v) is 5.52. The van der Waals surface area contributed by atoms with Crippen LogP contribution in [-0.4, -0.2) is 49.3 Å². The lowest BCUT2D eigenvalue weighted by molar-refractivity contribution is -0.163. The molecule has 1 aliphatic rings. The lowest BCUT2D eigenvalue weighted by atomic mass is 9.98. The molecule has 0 saturated heterocycles. The molecule has 0 saturated carbocycles. The van der Waals surface area contributed by atoms with Crippen LogP contribution in [0.1, 0.15) is 56.1 Å². The summed E-state index contributed by atoms with van der Waals surface area (Å²) in [6.45, 7) is 10.9. The number of para-hydroxylation sites is 2. The van der Waals surface area contributed by atoms with Gasteiger partial charge >= 0.3 is 5.97 Å². The topological polar surface area (TPSA) is 112 Å². The highest BCUT2D eigenvalue weighted by Gasteiger charge is 2.28. The van der Waals surface area contributed by atoms with E-state index < -0.39 is 23.6 Å². The molecule has 0 fully saturated rings. The number of carbonyl (C=O) groups excluding carboxylic acids is 2. The van der Waals surface area contributed by atoms with Gasteiger partial charge in [0.2, 0.25) is 6.10 Å². The number of primary amides is 1. The first-order chi connectivity index (χ1) is 16.6. The Bertz CT molecular complexity index is 1050. The molecule has 8 heteroatoms. The molecule has 2 unspecified atom stereocenters. The molecule has 0 spiro atoms. The highest BCUT2D eigenvalue weighted by Crippen LogP contribution is 2.29. The number of esters is 1. The average Bonchev–Trinajstić information content (AvgIpc) is 3.24. The molecule has 1 heterocycles. The van der Waals surface area contributed by atoms with Crippen molar-refractivity contribution in [3.05, 3.63) is 53.1 Å². The van der Waals surface area contributed by atoms with Gasteiger partial charge in [-0.2, -0.15) is 0 Å². The molecule has 35 heavy (non-hydrogen) atoms. The van der Waals surface area contributed by atoms with E-state index >= 15 is 0 Å². The van der Waals surface area contributed by atoms with Crippen LogP contribution in [0.25, 0.3) is 0 Å². The van der Waals surface area contributed by atoms with Crippen molar-refractivity contribution in [2.24, 2.45) is 5.73 Å². The molecular weight excluding hydrogens is 446 g/mol. The van der Waals surface area contributed by atoms with Gasteiger partial charge in [-0.15, -0.1) is 0 Å². The minimum Gasteiger partial charge on any atom is -0.490 e. The molecule has 3 rings (SSSR count). The zero-order valence-corrected chi connectivity index (χ0v) is 21.3. The molecule has 1 amide bonds. The van der Waals surface area contributed by atoms with Crippen LogP contribution in [0.15, 0.2) is 36.4 Å². The molecular formula is C27H37N3O5. The lowest BCUT2D eigenvalue weighted by Crippen LogP contribution is -2.44. The fourth-order valence-electron chi connectivity index (χ4n) is 4.06. The number of nitrogens with one attached hydrogen (secondary N) is 2. The smallest absolute Gasteiger partial charge is 0.349 e. The van der Waals surface area contributed by atoms with E-state index in [-0.39, 0.29) is 12.6 Å². The van der Waals surface area contributed by atoms with Crippen molar-refractivity contribution >= 4 is 17.6 Å². The number of carbonyl (C=O) groups is 2. The Hall–Kier alpha value is -3.26. The Morgan fingerprint density at radius 2 is 1.89 bits per heavy atom. The first kappa shape index (κ1) is 26.3. The number of fused-ring (bicyclic) bond motifs is 1. The molecule has 2 aromatic carbocycles. The molecule has 2 atom stereocenters. The van der Waals surface area contributed by atoms with Gasteiger partial charge in [0, 0.05) is 19.1 Å². The SMILES string of the molecule is CCOc1ccccc1OC(CNC(C)Cc1cc2c(c(C(N)=O)c1)NCC2)C(=O)OC(C)(C)C. The number of nitrogens with two attached hydrogens (primary N) is 1. The summed E-state index contributed by atoms with van der Waals surface area (Å²) < 4.78 is 17.3. The van der Waals surface area contributed by atoms with E-state index in [1.165, 1.54) is 0 Å². The van der Waals surface area contributed by atoms with Gasteiger partial charge in [0.15, 0.2) is 11.5 Å². The maximum absolute atomic E-state index is 13.0. The second-order valence-corrected chi connectivity index (χ2v) is 9.75. The predicted octanol–water partition coefficient (Wildman–Crippen LogP) is 3.46. The standard InChI is InChI=1S/C27H37N3O5/c1-6-33-21-9-7-8-10-22(21)34-23(26(32)35-27(3,4)5)16-30-17(2)13-18-14-19-11-12-29-24(19)20(15-18)25(28)31/h7-10,14-15,17,23,29-30H,6,11-13,16H2,1-5H3,(H2,28,31). The summed E-state index contributed by atoms with van der Waals surface area (Å²) in [5, 5.41) is 6.63. The maximum Gasteiger partial charge on any atom is 0.349 e. The normalized spacial score (nSPS) is 14.4. The van der Waals surface area contributed by atoms with Gasteiger partial charge in [-0.3, -0.25) is 4.79 Å². The Balaban J connectivity index is 1.72. The van der Waals surface area contributed by atoms with Crippen LogP contribution in [0.2, 0.25) is 0 Å². The number of ether oxygens (including phenoxy) is 3. The summed E-state index contributed by atoms with van der Waals surface area (Å²) in [4.78, 5) is 24.9. The van der Waals surface area contributed by atoms with Gasteiger partial charge in [-0.1, -0.05) is 18.2 Å². The van der Waals surface area contributed by atoms with Crippen LogP contribution >= 0.6 is 0 Å². The van der Waals surface area contributed by atoms with Gasteiger partial charge in [-0.25, -0.2) is 4.79 Å². The average molecular weight is 484 g/mol. The largest absolute Gasteiger partial charge is 0.490 e. The third-order valence-electron chi connectivity index (χ3n) is 5.52. The Morgan fingerprint density at radius 1 is 1.17 bits per heavy atom. The summed E-state index contributed by atoms with van der Waals surface area (Å²) in [5.74, 6) is 0.159. The second kappa shape index (κ2) is 11.4. The van der Waals surface area contributed by atoms with E-state index in [0.29, 0.717) is 30.1 Å². The van der Waals surface area contributed by atoms with Crippen molar-refractivity contribution in [3.63, 3.8) is 0 Å². The fraction of sp³-hybridized carbons (Fsp3) is 0.481. The van der Waals surface area contributed by atoms with E-state index in [0.717, 1.165) is 29.8 Å². The maximum atomic E-state index is 13.0. The highest BCUT2D eigenvalue weighted by atomic mass is 16.6. The van der Waals surface area contributed by atoms with Crippen LogP contribution in [-0.2, 0) is 22.4 Å². The fourth-order valence-corrected chi connectivity index (χ4v) is 4.06. The number of hydrogen-bond donors (Lipinski definition) is 3. The Kier molecular flexibility index (Phi) is 8.62. The van der Waals surface area contributed by atoms with Crippen molar-refractivity contribution in [2.75, 3.05) is 25.0 Å². The molecule has 0 aromatic heterocycles. The zero-order chi connectivity index (χ0) is 25.6. The summed E-state index contributed by atoms with van der Waals surface area (Å²) in [6, 6.07) is 11.2. The quantitative estimate of drug-likeness (QED) is 0.420. The molecule has 0 radical (unpaired) electrons. The van der Waals surface area contributed by atoms with Crippen molar-refractivity contribution in [1.82, 2.24) is 5.32 Å². The van der Waals surface area contributed by atoms with Crippen molar-refractivity contribution < 1.29 is 23.8 Å². The first-order valence-corrected chi connectivity index (χ1v) is 12.1. The number of anilines is 1.